The van der Waals surface area contributed by atoms with Crippen LogP contribution in [0.3, 0.4) is 0 Å². The van der Waals surface area contributed by atoms with Crippen molar-refractivity contribution >= 4 is 12.4 Å². The van der Waals surface area contributed by atoms with Gasteiger partial charge in [-0.3, -0.25) is 4.84 Å². The van der Waals surface area contributed by atoms with E-state index in [0.29, 0.717) is 13.2 Å². The minimum atomic E-state index is -0.370. The molecule has 0 aromatic carbocycles. The van der Waals surface area contributed by atoms with Crippen molar-refractivity contribution in [2.45, 2.75) is 20.0 Å². The standard InChI is InChI=1S/C7H15NO2.ClH/c1-6(2)5-10-8-4-7(3)9;/h7-9H,1,4-5H2,2-3H3;1H. The molecular formula is C7H16ClNO2. The van der Waals surface area contributed by atoms with E-state index in [2.05, 4.69) is 12.1 Å². The van der Waals surface area contributed by atoms with Crippen molar-refractivity contribution in [1.82, 2.24) is 5.48 Å². The fourth-order valence-corrected chi connectivity index (χ4v) is 0.354. The molecule has 0 aromatic rings. The van der Waals surface area contributed by atoms with Crippen LogP contribution in [-0.4, -0.2) is 24.4 Å². The van der Waals surface area contributed by atoms with Crippen LogP contribution in [0.4, 0.5) is 0 Å². The molecule has 0 amide bonds. The average Bonchev–Trinajstić information content (AvgIpc) is 1.79. The minimum absolute atomic E-state index is 0. The molecular weight excluding hydrogens is 166 g/mol. The second-order valence-corrected chi connectivity index (χ2v) is 2.44. The van der Waals surface area contributed by atoms with E-state index in [1.54, 1.807) is 6.92 Å². The summed E-state index contributed by atoms with van der Waals surface area (Å²) in [5.41, 5.74) is 3.56. The predicted molar refractivity (Wildman–Crippen MR) is 47.7 cm³/mol. The van der Waals surface area contributed by atoms with Gasteiger partial charge in [-0.05, 0) is 13.8 Å². The van der Waals surface area contributed by atoms with E-state index >= 15 is 0 Å². The zero-order chi connectivity index (χ0) is 7.98. The van der Waals surface area contributed by atoms with Crippen molar-refractivity contribution in [2.24, 2.45) is 0 Å². The lowest BCUT2D eigenvalue weighted by molar-refractivity contribution is 0.0308. The molecule has 68 valence electrons. The number of hydrogen-bond acceptors (Lipinski definition) is 3. The normalized spacial score (nSPS) is 11.9. The van der Waals surface area contributed by atoms with Crippen molar-refractivity contribution in [3.63, 3.8) is 0 Å². The van der Waals surface area contributed by atoms with Gasteiger partial charge in [-0.25, -0.2) is 0 Å². The van der Waals surface area contributed by atoms with Crippen LogP contribution in [0.2, 0.25) is 0 Å². The highest BCUT2D eigenvalue weighted by Gasteiger charge is 1.92. The molecule has 0 spiro atoms. The van der Waals surface area contributed by atoms with Crippen LogP contribution >= 0.6 is 12.4 Å². The van der Waals surface area contributed by atoms with Gasteiger partial charge >= 0.3 is 0 Å². The number of hydrogen-bond donors (Lipinski definition) is 2. The average molecular weight is 182 g/mol. The fraction of sp³-hybridized carbons (Fsp3) is 0.714. The van der Waals surface area contributed by atoms with Crippen molar-refractivity contribution in [1.29, 1.82) is 0 Å². The first-order valence-electron chi connectivity index (χ1n) is 3.30. The summed E-state index contributed by atoms with van der Waals surface area (Å²) in [5.74, 6) is 0. The Morgan fingerprint density at radius 1 is 1.73 bits per heavy atom. The molecule has 0 fully saturated rings. The van der Waals surface area contributed by atoms with Crippen LogP contribution in [0.1, 0.15) is 13.8 Å². The van der Waals surface area contributed by atoms with Gasteiger partial charge in [0.05, 0.1) is 12.7 Å². The van der Waals surface area contributed by atoms with Crippen LogP contribution in [0.15, 0.2) is 12.2 Å². The van der Waals surface area contributed by atoms with E-state index in [9.17, 15) is 0 Å². The molecule has 0 saturated carbocycles. The van der Waals surface area contributed by atoms with Gasteiger partial charge in [-0.1, -0.05) is 12.2 Å². The van der Waals surface area contributed by atoms with Crippen molar-refractivity contribution in [3.8, 4) is 0 Å². The van der Waals surface area contributed by atoms with Crippen LogP contribution in [0.5, 0.6) is 0 Å². The first kappa shape index (κ1) is 13.5. The van der Waals surface area contributed by atoms with Crippen LogP contribution < -0.4 is 5.48 Å². The highest BCUT2D eigenvalue weighted by molar-refractivity contribution is 5.85. The van der Waals surface area contributed by atoms with Crippen LogP contribution in [-0.2, 0) is 4.84 Å². The maximum Gasteiger partial charge on any atom is 0.0887 e. The number of halogens is 1. The molecule has 0 radical (unpaired) electrons. The Morgan fingerprint density at radius 3 is 2.64 bits per heavy atom. The molecule has 0 aliphatic carbocycles. The molecule has 0 aromatic heterocycles. The molecule has 11 heavy (non-hydrogen) atoms. The van der Waals surface area contributed by atoms with Gasteiger partial charge in [0, 0.05) is 6.54 Å². The van der Waals surface area contributed by atoms with E-state index in [0.717, 1.165) is 5.57 Å². The summed E-state index contributed by atoms with van der Waals surface area (Å²) < 4.78 is 0. The lowest BCUT2D eigenvalue weighted by atomic mass is 10.4. The molecule has 0 aliphatic heterocycles. The second kappa shape index (κ2) is 8.01. The molecule has 3 nitrogen and oxygen atoms in total. The number of hydroxylamine groups is 1. The zero-order valence-corrected chi connectivity index (χ0v) is 7.78. The quantitative estimate of drug-likeness (QED) is 0.376. The van der Waals surface area contributed by atoms with E-state index in [-0.39, 0.29) is 18.5 Å². The Hall–Kier alpha value is -0.0900. The molecule has 0 bridgehead atoms. The molecule has 4 heteroatoms. The highest BCUT2D eigenvalue weighted by atomic mass is 35.5. The Kier molecular flexibility index (Phi) is 9.83. The number of nitrogens with one attached hydrogen (secondary N) is 1. The van der Waals surface area contributed by atoms with Gasteiger partial charge in [-0.2, -0.15) is 5.48 Å². The molecule has 1 unspecified atom stereocenters. The van der Waals surface area contributed by atoms with Gasteiger partial charge in [0.25, 0.3) is 0 Å². The van der Waals surface area contributed by atoms with E-state index in [4.69, 9.17) is 9.94 Å². The topological polar surface area (TPSA) is 41.5 Å². The third-order valence-corrected chi connectivity index (χ3v) is 0.799. The van der Waals surface area contributed by atoms with Gasteiger partial charge in [0.15, 0.2) is 0 Å². The summed E-state index contributed by atoms with van der Waals surface area (Å²) in [5, 5.41) is 8.75. The smallest absolute Gasteiger partial charge is 0.0887 e. The summed E-state index contributed by atoms with van der Waals surface area (Å²) in [6.45, 7) is 8.16. The minimum Gasteiger partial charge on any atom is -0.392 e. The molecule has 0 heterocycles. The Labute approximate surface area is 73.8 Å². The zero-order valence-electron chi connectivity index (χ0n) is 6.96. The summed E-state index contributed by atoms with van der Waals surface area (Å²) in [4.78, 5) is 4.90. The highest BCUT2D eigenvalue weighted by Crippen LogP contribution is 1.84. The van der Waals surface area contributed by atoms with E-state index in [1.807, 2.05) is 6.92 Å². The molecule has 0 aliphatic rings. The third kappa shape index (κ3) is 13.0. The van der Waals surface area contributed by atoms with Gasteiger partial charge in [-0.15, -0.1) is 12.4 Å². The number of aliphatic hydroxyl groups is 1. The summed E-state index contributed by atoms with van der Waals surface area (Å²) >= 11 is 0. The summed E-state index contributed by atoms with van der Waals surface area (Å²) in [6.07, 6.45) is -0.370. The SMILES string of the molecule is C=C(C)CONCC(C)O.Cl. The van der Waals surface area contributed by atoms with Crippen LogP contribution in [0, 0.1) is 0 Å². The van der Waals surface area contributed by atoms with Gasteiger partial charge in [0.1, 0.15) is 0 Å². The Balaban J connectivity index is 0. The van der Waals surface area contributed by atoms with Crippen LogP contribution in [0.25, 0.3) is 0 Å². The Morgan fingerprint density at radius 2 is 2.27 bits per heavy atom. The van der Waals surface area contributed by atoms with Gasteiger partial charge < -0.3 is 5.11 Å². The first-order chi connectivity index (χ1) is 4.63. The molecule has 0 saturated heterocycles. The number of rotatable bonds is 5. The van der Waals surface area contributed by atoms with Gasteiger partial charge in [0.2, 0.25) is 0 Å². The molecule has 1 atom stereocenters. The largest absolute Gasteiger partial charge is 0.392 e. The van der Waals surface area contributed by atoms with E-state index < -0.39 is 0 Å². The maximum atomic E-state index is 8.75. The second-order valence-electron chi connectivity index (χ2n) is 2.44. The fourth-order valence-electron chi connectivity index (χ4n) is 0.354. The van der Waals surface area contributed by atoms with Crippen molar-refractivity contribution in [3.05, 3.63) is 12.2 Å². The number of aliphatic hydroxyl groups excluding tert-OH is 1. The first-order valence-corrected chi connectivity index (χ1v) is 3.30. The maximum absolute atomic E-state index is 8.75. The lowest BCUT2D eigenvalue weighted by Gasteiger charge is -2.06. The summed E-state index contributed by atoms with van der Waals surface area (Å²) in [6, 6.07) is 0. The molecule has 0 rings (SSSR count). The van der Waals surface area contributed by atoms with Crippen molar-refractivity contribution < 1.29 is 9.94 Å². The predicted octanol–water partition coefficient (Wildman–Crippen LogP) is 0.886. The van der Waals surface area contributed by atoms with E-state index in [1.165, 1.54) is 0 Å². The monoisotopic (exact) mass is 181 g/mol. The summed E-state index contributed by atoms with van der Waals surface area (Å²) in [7, 11) is 0. The third-order valence-electron chi connectivity index (χ3n) is 0.799. The molecule has 2 N–H and O–H groups in total. The van der Waals surface area contributed by atoms with Crippen molar-refractivity contribution in [2.75, 3.05) is 13.2 Å². The Bertz CT molecular complexity index is 107. The lowest BCUT2D eigenvalue weighted by Crippen LogP contribution is -2.25.